The van der Waals surface area contributed by atoms with Gasteiger partial charge in [0.2, 0.25) is 0 Å². The zero-order valence-corrected chi connectivity index (χ0v) is 8.75. The van der Waals surface area contributed by atoms with E-state index in [1.54, 1.807) is 0 Å². The van der Waals surface area contributed by atoms with Gasteiger partial charge in [0.15, 0.2) is 5.78 Å². The molecule has 0 amide bonds. The van der Waals surface area contributed by atoms with Gasteiger partial charge in [-0.05, 0) is 18.4 Å². The summed E-state index contributed by atoms with van der Waals surface area (Å²) < 4.78 is 0. The fourth-order valence-electron chi connectivity index (χ4n) is 1.52. The van der Waals surface area contributed by atoms with Crippen LogP contribution in [0.3, 0.4) is 0 Å². The predicted molar refractivity (Wildman–Crippen MR) is 59.4 cm³/mol. The van der Waals surface area contributed by atoms with Gasteiger partial charge in [-0.2, -0.15) is 0 Å². The molecule has 0 aliphatic heterocycles. The molecule has 0 saturated carbocycles. The quantitative estimate of drug-likeness (QED) is 0.648. The molecular weight excluding hydrogens is 172 g/mol. The Hall–Kier alpha value is -1.11. The van der Waals surface area contributed by atoms with E-state index in [0.717, 1.165) is 30.4 Å². The molecule has 0 bridgehead atoms. The monoisotopic (exact) mass is 189 g/mol. The van der Waals surface area contributed by atoms with Crippen molar-refractivity contribution in [2.75, 3.05) is 0 Å². The van der Waals surface area contributed by atoms with E-state index in [-0.39, 0.29) is 5.78 Å². The van der Waals surface area contributed by atoms with Crippen molar-refractivity contribution in [3.8, 4) is 0 Å². The zero-order valence-electron chi connectivity index (χ0n) is 8.75. The minimum Gasteiger partial charge on any atom is -0.294 e. The van der Waals surface area contributed by atoms with Gasteiger partial charge in [-0.3, -0.25) is 4.79 Å². The van der Waals surface area contributed by atoms with Crippen LogP contribution < -0.4 is 0 Å². The molecule has 0 aliphatic carbocycles. The lowest BCUT2D eigenvalue weighted by molar-refractivity contribution is 0.0979. The molecular formula is C13H17O. The molecule has 0 saturated heterocycles. The summed E-state index contributed by atoms with van der Waals surface area (Å²) >= 11 is 0. The lowest BCUT2D eigenvalue weighted by atomic mass is 9.99. The standard InChI is InChI=1S/C13H17O/c1-3-5-10-13(14)12-9-7-6-8-11(12)4-2/h6-9H,1,3-5,10H2,2H3. The first kappa shape index (κ1) is 11.0. The van der Waals surface area contributed by atoms with Crippen molar-refractivity contribution in [1.82, 2.24) is 0 Å². The Bertz CT molecular complexity index is 302. The van der Waals surface area contributed by atoms with E-state index >= 15 is 0 Å². The lowest BCUT2D eigenvalue weighted by Gasteiger charge is -2.05. The van der Waals surface area contributed by atoms with Crippen LogP contribution in [0.5, 0.6) is 0 Å². The number of carbonyl (C=O) groups excluding carboxylic acids is 1. The molecule has 1 aromatic carbocycles. The van der Waals surface area contributed by atoms with E-state index in [1.807, 2.05) is 24.3 Å². The first-order chi connectivity index (χ1) is 6.79. The van der Waals surface area contributed by atoms with Gasteiger partial charge in [0.25, 0.3) is 0 Å². The second kappa shape index (κ2) is 5.58. The van der Waals surface area contributed by atoms with Crippen molar-refractivity contribution in [1.29, 1.82) is 0 Å². The topological polar surface area (TPSA) is 17.1 Å². The van der Waals surface area contributed by atoms with Crippen LogP contribution in [0.2, 0.25) is 0 Å². The van der Waals surface area contributed by atoms with Gasteiger partial charge in [0.05, 0.1) is 0 Å². The maximum absolute atomic E-state index is 11.8. The smallest absolute Gasteiger partial charge is 0.163 e. The second-order valence-corrected chi connectivity index (χ2v) is 3.39. The first-order valence-corrected chi connectivity index (χ1v) is 5.20. The highest BCUT2D eigenvalue weighted by Crippen LogP contribution is 2.13. The Labute approximate surface area is 86.1 Å². The van der Waals surface area contributed by atoms with Crippen molar-refractivity contribution >= 4 is 5.78 Å². The van der Waals surface area contributed by atoms with Gasteiger partial charge in [0.1, 0.15) is 0 Å². The largest absolute Gasteiger partial charge is 0.294 e. The fourth-order valence-corrected chi connectivity index (χ4v) is 1.52. The molecule has 0 aromatic heterocycles. The van der Waals surface area contributed by atoms with Crippen LogP contribution in [-0.2, 0) is 6.42 Å². The minimum absolute atomic E-state index is 0.256. The van der Waals surface area contributed by atoms with Crippen LogP contribution in [0, 0.1) is 6.92 Å². The van der Waals surface area contributed by atoms with Crippen LogP contribution in [0.1, 0.15) is 42.1 Å². The van der Waals surface area contributed by atoms with Gasteiger partial charge in [-0.1, -0.05) is 44.5 Å². The summed E-state index contributed by atoms with van der Waals surface area (Å²) in [5.74, 6) is 0.256. The molecule has 75 valence electrons. The number of unbranched alkanes of at least 4 members (excludes halogenated alkanes) is 1. The molecule has 0 spiro atoms. The molecule has 1 radical (unpaired) electrons. The number of carbonyl (C=O) groups is 1. The number of ketones is 1. The summed E-state index contributed by atoms with van der Waals surface area (Å²) in [7, 11) is 0. The lowest BCUT2D eigenvalue weighted by Crippen LogP contribution is -2.02. The van der Waals surface area contributed by atoms with Gasteiger partial charge in [-0.15, -0.1) is 0 Å². The zero-order chi connectivity index (χ0) is 10.4. The first-order valence-electron chi connectivity index (χ1n) is 5.20. The third kappa shape index (κ3) is 2.69. The Morgan fingerprint density at radius 2 is 2.07 bits per heavy atom. The summed E-state index contributed by atoms with van der Waals surface area (Å²) in [4.78, 5) is 11.8. The van der Waals surface area contributed by atoms with Crippen molar-refractivity contribution in [3.05, 3.63) is 42.3 Å². The highest BCUT2D eigenvalue weighted by atomic mass is 16.1. The molecule has 1 nitrogen and oxygen atoms in total. The molecule has 0 heterocycles. The summed E-state index contributed by atoms with van der Waals surface area (Å²) in [5, 5.41) is 0. The number of hydrogen-bond acceptors (Lipinski definition) is 1. The van der Waals surface area contributed by atoms with Crippen molar-refractivity contribution < 1.29 is 4.79 Å². The number of hydrogen-bond donors (Lipinski definition) is 0. The predicted octanol–water partition coefficient (Wildman–Crippen LogP) is 3.44. The van der Waals surface area contributed by atoms with Crippen molar-refractivity contribution in [2.24, 2.45) is 0 Å². The average molecular weight is 189 g/mol. The van der Waals surface area contributed by atoms with Gasteiger partial charge in [-0.25, -0.2) is 0 Å². The molecule has 1 rings (SSSR count). The normalized spacial score (nSPS) is 10.1. The second-order valence-electron chi connectivity index (χ2n) is 3.39. The molecule has 0 fully saturated rings. The van der Waals surface area contributed by atoms with E-state index in [4.69, 9.17) is 0 Å². The minimum atomic E-state index is 0.256. The van der Waals surface area contributed by atoms with E-state index in [2.05, 4.69) is 13.8 Å². The third-order valence-electron chi connectivity index (χ3n) is 2.35. The fraction of sp³-hybridized carbons (Fsp3) is 0.385. The number of Topliss-reactive ketones (excluding diaryl/α,β-unsaturated/α-hetero) is 1. The Kier molecular flexibility index (Phi) is 4.37. The number of rotatable bonds is 5. The third-order valence-corrected chi connectivity index (χ3v) is 2.35. The molecule has 1 aromatic rings. The van der Waals surface area contributed by atoms with Gasteiger partial charge >= 0.3 is 0 Å². The van der Waals surface area contributed by atoms with Crippen LogP contribution in [0.25, 0.3) is 0 Å². The molecule has 0 N–H and O–H groups in total. The molecule has 1 heteroatoms. The summed E-state index contributed by atoms with van der Waals surface area (Å²) in [6.45, 7) is 5.82. The van der Waals surface area contributed by atoms with Crippen LogP contribution in [-0.4, -0.2) is 5.78 Å². The van der Waals surface area contributed by atoms with Crippen LogP contribution in [0.4, 0.5) is 0 Å². The SMILES string of the molecule is [CH2]CCCC(=O)c1ccccc1CC. The van der Waals surface area contributed by atoms with Gasteiger partial charge < -0.3 is 0 Å². The van der Waals surface area contributed by atoms with E-state index in [9.17, 15) is 4.79 Å². The van der Waals surface area contributed by atoms with E-state index < -0.39 is 0 Å². The number of aryl methyl sites for hydroxylation is 1. The van der Waals surface area contributed by atoms with Crippen molar-refractivity contribution in [2.45, 2.75) is 32.6 Å². The molecule has 0 aliphatic rings. The maximum Gasteiger partial charge on any atom is 0.163 e. The Balaban J connectivity index is 2.78. The van der Waals surface area contributed by atoms with Crippen LogP contribution >= 0.6 is 0 Å². The average Bonchev–Trinajstić information content (AvgIpc) is 2.25. The summed E-state index contributed by atoms with van der Waals surface area (Å²) in [6.07, 6.45) is 3.27. The van der Waals surface area contributed by atoms with Crippen molar-refractivity contribution in [3.63, 3.8) is 0 Å². The molecule has 14 heavy (non-hydrogen) atoms. The Morgan fingerprint density at radius 3 is 2.71 bits per heavy atom. The maximum atomic E-state index is 11.8. The van der Waals surface area contributed by atoms with E-state index in [1.165, 1.54) is 0 Å². The number of benzene rings is 1. The van der Waals surface area contributed by atoms with E-state index in [0.29, 0.717) is 6.42 Å². The molecule has 0 atom stereocenters. The molecule has 0 unspecified atom stereocenters. The highest BCUT2D eigenvalue weighted by molar-refractivity contribution is 5.97. The highest BCUT2D eigenvalue weighted by Gasteiger charge is 2.08. The Morgan fingerprint density at radius 1 is 1.36 bits per heavy atom. The van der Waals surface area contributed by atoms with Gasteiger partial charge in [0, 0.05) is 12.0 Å². The van der Waals surface area contributed by atoms with Crippen LogP contribution in [0.15, 0.2) is 24.3 Å². The summed E-state index contributed by atoms with van der Waals surface area (Å²) in [5.41, 5.74) is 2.05. The summed E-state index contributed by atoms with van der Waals surface area (Å²) in [6, 6.07) is 7.86.